The van der Waals surface area contributed by atoms with E-state index in [1.54, 1.807) is 0 Å². The van der Waals surface area contributed by atoms with Crippen LogP contribution in [0.25, 0.3) is 0 Å². The number of benzene rings is 1. The average Bonchev–Trinajstić information content (AvgIpc) is 2.54. The van der Waals surface area contributed by atoms with Gasteiger partial charge in [0.1, 0.15) is 5.75 Å². The molecule has 1 atom stereocenters. The maximum absolute atomic E-state index is 10.6. The molecule has 2 rings (SSSR count). The van der Waals surface area contributed by atoms with E-state index in [4.69, 9.17) is 4.74 Å². The Morgan fingerprint density at radius 3 is 2.57 bits per heavy atom. The highest BCUT2D eigenvalue weighted by atomic mass is 16.5. The van der Waals surface area contributed by atoms with E-state index < -0.39 is 6.10 Å². The van der Waals surface area contributed by atoms with Gasteiger partial charge in [-0.2, -0.15) is 0 Å². The molecule has 1 aliphatic rings. The lowest BCUT2D eigenvalue weighted by Gasteiger charge is -2.35. The fraction of sp³-hybridized carbons (Fsp3) is 0.667. The molecule has 0 bridgehead atoms. The second-order valence-electron chi connectivity index (χ2n) is 5.87. The maximum Gasteiger partial charge on any atom is 0.125 e. The first-order chi connectivity index (χ1) is 10.3. The summed E-state index contributed by atoms with van der Waals surface area (Å²) in [5, 5.41) is 10.6. The van der Waals surface area contributed by atoms with Gasteiger partial charge < -0.3 is 9.84 Å². The maximum atomic E-state index is 10.6. The zero-order chi connectivity index (χ0) is 15.1. The first kappa shape index (κ1) is 16.3. The molecule has 1 fully saturated rings. The first-order valence-corrected chi connectivity index (χ1v) is 8.40. The summed E-state index contributed by atoms with van der Waals surface area (Å²) in [6.45, 7) is 6.49. The molecule has 21 heavy (non-hydrogen) atoms. The van der Waals surface area contributed by atoms with Crippen LogP contribution in [0.3, 0.4) is 0 Å². The van der Waals surface area contributed by atoms with Crippen molar-refractivity contribution in [1.29, 1.82) is 0 Å². The van der Waals surface area contributed by atoms with E-state index in [1.165, 1.54) is 32.1 Å². The standard InChI is InChI=1S/C18H29NO2/c1-3-19(15-10-6-5-7-11-15)14-17(20)16-12-8-9-13-18(16)21-4-2/h8-9,12-13,15,17,20H,3-7,10-11,14H2,1-2H3. The van der Waals surface area contributed by atoms with Gasteiger partial charge in [0.15, 0.2) is 0 Å². The van der Waals surface area contributed by atoms with Gasteiger partial charge in [-0.05, 0) is 32.4 Å². The first-order valence-electron chi connectivity index (χ1n) is 8.40. The average molecular weight is 291 g/mol. The predicted molar refractivity (Wildman–Crippen MR) is 86.7 cm³/mol. The van der Waals surface area contributed by atoms with Crippen LogP contribution in [-0.2, 0) is 0 Å². The Labute approximate surface area is 128 Å². The highest BCUT2D eigenvalue weighted by Gasteiger charge is 2.23. The molecule has 0 aliphatic heterocycles. The van der Waals surface area contributed by atoms with Crippen molar-refractivity contribution in [3.05, 3.63) is 29.8 Å². The van der Waals surface area contributed by atoms with Gasteiger partial charge in [0.05, 0.1) is 12.7 Å². The molecule has 1 aromatic carbocycles. The molecular formula is C18H29NO2. The number of nitrogens with zero attached hydrogens (tertiary/aromatic N) is 1. The fourth-order valence-electron chi connectivity index (χ4n) is 3.35. The summed E-state index contributed by atoms with van der Waals surface area (Å²) in [5.74, 6) is 0.812. The molecule has 0 saturated heterocycles. The van der Waals surface area contributed by atoms with Gasteiger partial charge in [-0.1, -0.05) is 44.4 Å². The summed E-state index contributed by atoms with van der Waals surface area (Å²) in [4.78, 5) is 2.44. The van der Waals surface area contributed by atoms with Gasteiger partial charge in [0.2, 0.25) is 0 Å². The number of rotatable bonds is 7. The minimum absolute atomic E-state index is 0.477. The number of aliphatic hydroxyl groups excluding tert-OH is 1. The third-order valence-electron chi connectivity index (χ3n) is 4.48. The molecule has 1 aliphatic carbocycles. The molecule has 0 aromatic heterocycles. The summed E-state index contributed by atoms with van der Waals surface area (Å²) >= 11 is 0. The Morgan fingerprint density at radius 2 is 1.90 bits per heavy atom. The van der Waals surface area contributed by atoms with Crippen molar-refractivity contribution in [2.45, 2.75) is 58.1 Å². The molecule has 3 heteroatoms. The van der Waals surface area contributed by atoms with Gasteiger partial charge in [-0.3, -0.25) is 4.90 Å². The molecule has 0 radical (unpaired) electrons. The minimum Gasteiger partial charge on any atom is -0.493 e. The number of hydrogen-bond donors (Lipinski definition) is 1. The Balaban J connectivity index is 2.03. The lowest BCUT2D eigenvalue weighted by molar-refractivity contribution is 0.0748. The topological polar surface area (TPSA) is 32.7 Å². The SMILES string of the molecule is CCOc1ccccc1C(O)CN(CC)C1CCCCC1. The van der Waals surface area contributed by atoms with Crippen LogP contribution in [0.4, 0.5) is 0 Å². The smallest absolute Gasteiger partial charge is 0.125 e. The molecule has 1 N–H and O–H groups in total. The van der Waals surface area contributed by atoms with Crippen LogP contribution in [0, 0.1) is 0 Å². The fourth-order valence-corrected chi connectivity index (χ4v) is 3.35. The van der Waals surface area contributed by atoms with Crippen LogP contribution in [0.1, 0.15) is 57.6 Å². The molecule has 1 aromatic rings. The number of hydrogen-bond acceptors (Lipinski definition) is 3. The molecule has 0 spiro atoms. The van der Waals surface area contributed by atoms with Crippen LogP contribution in [0.15, 0.2) is 24.3 Å². The van der Waals surface area contributed by atoms with Gasteiger partial charge in [0.25, 0.3) is 0 Å². The predicted octanol–water partition coefficient (Wildman–Crippen LogP) is 3.77. The monoisotopic (exact) mass is 291 g/mol. The lowest BCUT2D eigenvalue weighted by Crippen LogP contribution is -2.39. The van der Waals surface area contributed by atoms with E-state index in [0.717, 1.165) is 17.9 Å². The molecule has 1 saturated carbocycles. The second kappa shape index (κ2) is 8.40. The zero-order valence-electron chi connectivity index (χ0n) is 13.4. The van der Waals surface area contributed by atoms with E-state index >= 15 is 0 Å². The lowest BCUT2D eigenvalue weighted by atomic mass is 9.93. The van der Waals surface area contributed by atoms with Gasteiger partial charge in [0, 0.05) is 18.2 Å². The Kier molecular flexibility index (Phi) is 6.52. The highest BCUT2D eigenvalue weighted by molar-refractivity contribution is 5.35. The van der Waals surface area contributed by atoms with Gasteiger partial charge in [-0.15, -0.1) is 0 Å². The normalized spacial score (nSPS) is 17.9. The van der Waals surface area contributed by atoms with Crippen LogP contribution >= 0.6 is 0 Å². The van der Waals surface area contributed by atoms with Crippen LogP contribution in [0.5, 0.6) is 5.75 Å². The van der Waals surface area contributed by atoms with Crippen LogP contribution in [-0.4, -0.2) is 35.7 Å². The highest BCUT2D eigenvalue weighted by Crippen LogP contribution is 2.28. The Morgan fingerprint density at radius 1 is 1.19 bits per heavy atom. The van der Waals surface area contributed by atoms with Gasteiger partial charge in [-0.25, -0.2) is 0 Å². The summed E-state index contributed by atoms with van der Waals surface area (Å²) < 4.78 is 5.64. The molecule has 0 amide bonds. The van der Waals surface area contributed by atoms with Crippen LogP contribution < -0.4 is 4.74 Å². The molecular weight excluding hydrogens is 262 g/mol. The van der Waals surface area contributed by atoms with Crippen molar-refractivity contribution < 1.29 is 9.84 Å². The summed E-state index contributed by atoms with van der Waals surface area (Å²) in [7, 11) is 0. The van der Waals surface area contributed by atoms with Crippen molar-refractivity contribution >= 4 is 0 Å². The third-order valence-corrected chi connectivity index (χ3v) is 4.48. The van der Waals surface area contributed by atoms with Crippen molar-refractivity contribution in [2.75, 3.05) is 19.7 Å². The molecule has 0 heterocycles. The largest absolute Gasteiger partial charge is 0.493 e. The quantitative estimate of drug-likeness (QED) is 0.830. The molecule has 3 nitrogen and oxygen atoms in total. The van der Waals surface area contributed by atoms with Crippen molar-refractivity contribution in [1.82, 2.24) is 4.90 Å². The second-order valence-corrected chi connectivity index (χ2v) is 5.87. The van der Waals surface area contributed by atoms with E-state index in [-0.39, 0.29) is 0 Å². The summed E-state index contributed by atoms with van der Waals surface area (Å²) in [5.41, 5.74) is 0.911. The van der Waals surface area contributed by atoms with Crippen molar-refractivity contribution in [2.24, 2.45) is 0 Å². The summed E-state index contributed by atoms with van der Waals surface area (Å²) in [6, 6.07) is 8.49. The van der Waals surface area contributed by atoms with Crippen molar-refractivity contribution in [3.63, 3.8) is 0 Å². The van der Waals surface area contributed by atoms with Crippen LogP contribution in [0.2, 0.25) is 0 Å². The zero-order valence-corrected chi connectivity index (χ0v) is 13.4. The van der Waals surface area contributed by atoms with Gasteiger partial charge >= 0.3 is 0 Å². The van der Waals surface area contributed by atoms with E-state index in [1.807, 2.05) is 31.2 Å². The molecule has 118 valence electrons. The Bertz CT molecular complexity index is 415. The molecule has 1 unspecified atom stereocenters. The van der Waals surface area contributed by atoms with E-state index in [9.17, 15) is 5.11 Å². The Hall–Kier alpha value is -1.06. The number of likely N-dealkylation sites (N-methyl/N-ethyl adjacent to an activating group) is 1. The summed E-state index contributed by atoms with van der Waals surface area (Å²) in [6.07, 6.45) is 6.08. The van der Waals surface area contributed by atoms with E-state index in [2.05, 4.69) is 11.8 Å². The third kappa shape index (κ3) is 4.45. The number of para-hydroxylation sites is 1. The van der Waals surface area contributed by atoms with E-state index in [0.29, 0.717) is 19.2 Å². The minimum atomic E-state index is -0.477. The number of aliphatic hydroxyl groups is 1. The van der Waals surface area contributed by atoms with Crippen molar-refractivity contribution in [3.8, 4) is 5.75 Å². The number of ether oxygens (including phenoxy) is 1.